The molecule has 2 heterocycles. The van der Waals surface area contributed by atoms with Crippen LogP contribution in [0.3, 0.4) is 0 Å². The number of benzene rings is 1. The van der Waals surface area contributed by atoms with E-state index >= 15 is 0 Å². The Hall–Kier alpha value is -2.79. The number of amides is 1. The Morgan fingerprint density at radius 3 is 2.38 bits per heavy atom. The Labute approximate surface area is 187 Å². The molecule has 0 fully saturated rings. The van der Waals surface area contributed by atoms with Gasteiger partial charge in [0, 0.05) is 50.5 Å². The highest BCUT2D eigenvalue weighted by atomic mass is 32.2. The van der Waals surface area contributed by atoms with Crippen molar-refractivity contribution in [1.82, 2.24) is 24.4 Å². The molecule has 1 aromatic carbocycles. The van der Waals surface area contributed by atoms with E-state index in [-0.39, 0.29) is 12.3 Å². The van der Waals surface area contributed by atoms with Gasteiger partial charge in [-0.05, 0) is 37.1 Å². The summed E-state index contributed by atoms with van der Waals surface area (Å²) in [6.07, 6.45) is 0.203. The van der Waals surface area contributed by atoms with Crippen LogP contribution in [0.5, 0.6) is 0 Å². The number of aliphatic hydroxyl groups is 1. The second-order valence-corrected chi connectivity index (χ2v) is 8.48. The van der Waals surface area contributed by atoms with E-state index < -0.39 is 29.9 Å². The first-order chi connectivity index (χ1) is 15.0. The molecule has 1 atom stereocenters. The molecule has 0 spiro atoms. The summed E-state index contributed by atoms with van der Waals surface area (Å²) < 4.78 is 43.6. The zero-order valence-electron chi connectivity index (χ0n) is 17.8. The molecule has 1 amide bonds. The first-order valence-electron chi connectivity index (χ1n) is 9.79. The Bertz CT molecular complexity index is 1080. The maximum absolute atomic E-state index is 13.5. The van der Waals surface area contributed by atoms with Crippen molar-refractivity contribution in [2.45, 2.75) is 37.2 Å². The number of hydrogen-bond donors (Lipinski definition) is 2. The van der Waals surface area contributed by atoms with Gasteiger partial charge in [0.2, 0.25) is 11.5 Å². The van der Waals surface area contributed by atoms with Gasteiger partial charge in [0.25, 0.3) is 0 Å². The first-order valence-corrected chi connectivity index (χ1v) is 10.8. The molecule has 32 heavy (non-hydrogen) atoms. The van der Waals surface area contributed by atoms with E-state index in [1.54, 1.807) is 12.4 Å². The Morgan fingerprint density at radius 2 is 1.78 bits per heavy atom. The molecule has 2 N–H and O–H groups in total. The second-order valence-electron chi connectivity index (χ2n) is 7.53. The third-order valence-electron chi connectivity index (χ3n) is 4.89. The van der Waals surface area contributed by atoms with E-state index in [4.69, 9.17) is 0 Å². The smallest absolute Gasteiger partial charge is 0.374 e. The highest BCUT2D eigenvalue weighted by Crippen LogP contribution is 2.40. The van der Waals surface area contributed by atoms with Gasteiger partial charge >= 0.3 is 6.18 Å². The molecule has 1 unspecified atom stereocenters. The van der Waals surface area contributed by atoms with Crippen LogP contribution < -0.4 is 5.32 Å². The third-order valence-corrected chi connectivity index (χ3v) is 5.86. The number of hydrogen-bond acceptors (Lipinski definition) is 5. The monoisotopic (exact) mass is 467 g/mol. The molecular weight excluding hydrogens is 443 g/mol. The molecule has 0 aliphatic heterocycles. The topological polar surface area (TPSA) is 85.0 Å². The average molecular weight is 468 g/mol. The average Bonchev–Trinajstić information content (AvgIpc) is 3.33. The minimum Gasteiger partial charge on any atom is -0.374 e. The van der Waals surface area contributed by atoms with Crippen LogP contribution in [0.15, 0.2) is 48.1 Å². The number of nitrogens with one attached hydrogen (secondary N) is 1. The van der Waals surface area contributed by atoms with Crippen LogP contribution in [0.25, 0.3) is 5.69 Å². The molecule has 172 valence electrons. The van der Waals surface area contributed by atoms with E-state index in [1.807, 2.05) is 36.6 Å². The fourth-order valence-electron chi connectivity index (χ4n) is 3.39. The molecule has 0 saturated heterocycles. The molecular formula is C21H24F3N5O2S. The van der Waals surface area contributed by atoms with Gasteiger partial charge in [0.15, 0.2) is 5.16 Å². The predicted molar refractivity (Wildman–Crippen MR) is 115 cm³/mol. The Morgan fingerprint density at radius 1 is 1.12 bits per heavy atom. The molecule has 3 rings (SSSR count). The number of rotatable bonds is 8. The second kappa shape index (κ2) is 9.37. The number of carbonyl (C=O) groups excluding carboxylic acids is 1. The van der Waals surface area contributed by atoms with Gasteiger partial charge in [-0.25, -0.2) is 9.97 Å². The van der Waals surface area contributed by atoms with E-state index in [0.29, 0.717) is 5.16 Å². The number of alkyl halides is 3. The van der Waals surface area contributed by atoms with Crippen molar-refractivity contribution in [3.63, 3.8) is 0 Å². The maximum atomic E-state index is 13.5. The predicted octanol–water partition coefficient (Wildman–Crippen LogP) is 3.27. The third kappa shape index (κ3) is 5.16. The number of aromatic nitrogens is 4. The SMILES string of the molecule is Cc1cc(C)cc(-n2ccnc2SCC(=O)NCCC(O)(c2nccn2C)C(F)(F)F)c1. The molecule has 3 aromatic rings. The van der Waals surface area contributed by atoms with Gasteiger partial charge < -0.3 is 15.0 Å². The molecule has 0 saturated carbocycles. The van der Waals surface area contributed by atoms with Gasteiger partial charge in [0.05, 0.1) is 5.75 Å². The highest BCUT2D eigenvalue weighted by Gasteiger charge is 2.57. The Balaban J connectivity index is 1.60. The van der Waals surface area contributed by atoms with Crippen molar-refractivity contribution in [3.05, 3.63) is 59.9 Å². The van der Waals surface area contributed by atoms with Crippen LogP contribution in [-0.2, 0) is 17.4 Å². The zero-order chi connectivity index (χ0) is 23.5. The lowest BCUT2D eigenvalue weighted by molar-refractivity contribution is -0.272. The van der Waals surface area contributed by atoms with Crippen LogP contribution in [-0.4, -0.2) is 48.6 Å². The van der Waals surface area contributed by atoms with E-state index in [9.17, 15) is 23.1 Å². The number of aryl methyl sites for hydroxylation is 3. The van der Waals surface area contributed by atoms with Crippen LogP contribution in [0, 0.1) is 13.8 Å². The van der Waals surface area contributed by atoms with Crippen molar-refractivity contribution in [2.75, 3.05) is 12.3 Å². The normalized spacial score (nSPS) is 13.7. The van der Waals surface area contributed by atoms with Crippen molar-refractivity contribution in [1.29, 1.82) is 0 Å². The van der Waals surface area contributed by atoms with E-state index in [1.165, 1.54) is 31.2 Å². The van der Waals surface area contributed by atoms with Gasteiger partial charge in [-0.3, -0.25) is 9.36 Å². The number of thioether (sulfide) groups is 1. The number of carbonyl (C=O) groups is 1. The summed E-state index contributed by atoms with van der Waals surface area (Å²) in [5.41, 5.74) is -0.0713. The van der Waals surface area contributed by atoms with Crippen molar-refractivity contribution < 1.29 is 23.1 Å². The minimum atomic E-state index is -4.94. The minimum absolute atomic E-state index is 0.0331. The van der Waals surface area contributed by atoms with E-state index in [0.717, 1.165) is 21.4 Å². The standard InChI is InChI=1S/C21H24F3N5O2S/c1-14-10-15(2)12-16(11-14)29-9-7-27-19(29)32-13-17(30)25-5-4-20(31,21(22,23)24)18-26-6-8-28(18)3/h6-12,31H,4-5,13H2,1-3H3,(H,25,30). The summed E-state index contributed by atoms with van der Waals surface area (Å²) in [5.74, 6) is -1.02. The fourth-order valence-corrected chi connectivity index (χ4v) is 4.19. The molecule has 7 nitrogen and oxygen atoms in total. The summed E-state index contributed by atoms with van der Waals surface area (Å²) in [6, 6.07) is 6.04. The highest BCUT2D eigenvalue weighted by molar-refractivity contribution is 7.99. The zero-order valence-corrected chi connectivity index (χ0v) is 18.7. The number of halogens is 3. The molecule has 11 heteroatoms. The Kier molecular flexibility index (Phi) is 6.99. The van der Waals surface area contributed by atoms with Crippen LogP contribution in [0.4, 0.5) is 13.2 Å². The van der Waals surface area contributed by atoms with Crippen LogP contribution in [0.2, 0.25) is 0 Å². The lowest BCUT2D eigenvalue weighted by atomic mass is 9.97. The molecule has 0 aliphatic carbocycles. The van der Waals surface area contributed by atoms with Gasteiger partial charge in [-0.1, -0.05) is 17.8 Å². The summed E-state index contributed by atoms with van der Waals surface area (Å²) in [7, 11) is 1.37. The fraction of sp³-hybridized carbons (Fsp3) is 0.381. The van der Waals surface area contributed by atoms with Crippen molar-refractivity contribution in [2.24, 2.45) is 7.05 Å². The maximum Gasteiger partial charge on any atom is 0.424 e. The molecule has 0 radical (unpaired) electrons. The lowest BCUT2D eigenvalue weighted by Gasteiger charge is -2.29. The van der Waals surface area contributed by atoms with Crippen LogP contribution in [0.1, 0.15) is 23.4 Å². The summed E-state index contributed by atoms with van der Waals surface area (Å²) >= 11 is 1.17. The largest absolute Gasteiger partial charge is 0.424 e. The van der Waals surface area contributed by atoms with E-state index in [2.05, 4.69) is 15.3 Å². The van der Waals surface area contributed by atoms with Crippen molar-refractivity contribution in [3.8, 4) is 5.69 Å². The van der Waals surface area contributed by atoms with Crippen LogP contribution >= 0.6 is 11.8 Å². The summed E-state index contributed by atoms with van der Waals surface area (Å²) in [5, 5.41) is 13.3. The lowest BCUT2D eigenvalue weighted by Crippen LogP contribution is -2.46. The first kappa shape index (κ1) is 23.9. The van der Waals surface area contributed by atoms with Gasteiger partial charge in [-0.15, -0.1) is 0 Å². The van der Waals surface area contributed by atoms with Gasteiger partial charge in [0.1, 0.15) is 5.82 Å². The van der Waals surface area contributed by atoms with Crippen molar-refractivity contribution >= 4 is 17.7 Å². The summed E-state index contributed by atoms with van der Waals surface area (Å²) in [6.45, 7) is 3.61. The number of nitrogens with zero attached hydrogens (tertiary/aromatic N) is 4. The quantitative estimate of drug-likeness (QED) is 0.497. The summed E-state index contributed by atoms with van der Waals surface area (Å²) in [4.78, 5) is 20.1. The molecule has 2 aromatic heterocycles. The molecule has 0 aliphatic rings. The number of imidazole rings is 2. The van der Waals surface area contributed by atoms with Gasteiger partial charge in [-0.2, -0.15) is 13.2 Å². The molecule has 0 bridgehead atoms.